The molecule has 3 heteroatoms. The lowest BCUT2D eigenvalue weighted by Crippen LogP contribution is -2.36. The van der Waals surface area contributed by atoms with E-state index in [-0.39, 0.29) is 0 Å². The predicted octanol–water partition coefficient (Wildman–Crippen LogP) is 2.51. The highest BCUT2D eigenvalue weighted by Crippen LogP contribution is 2.14. The Kier molecular flexibility index (Phi) is 6.57. The van der Waals surface area contributed by atoms with E-state index in [0.717, 1.165) is 45.7 Å². The van der Waals surface area contributed by atoms with Gasteiger partial charge in [-0.2, -0.15) is 0 Å². The molecule has 2 nitrogen and oxygen atoms in total. The molecular formula is C11H22ClNO. The molecule has 0 saturated carbocycles. The number of rotatable bonds is 6. The van der Waals surface area contributed by atoms with Gasteiger partial charge in [0.25, 0.3) is 0 Å². The van der Waals surface area contributed by atoms with Gasteiger partial charge in [-0.25, -0.2) is 0 Å². The molecule has 1 aliphatic heterocycles. The van der Waals surface area contributed by atoms with Crippen molar-refractivity contribution < 1.29 is 4.74 Å². The first-order chi connectivity index (χ1) is 6.83. The van der Waals surface area contributed by atoms with Crippen LogP contribution in [0.3, 0.4) is 0 Å². The molecule has 84 valence electrons. The van der Waals surface area contributed by atoms with E-state index >= 15 is 0 Å². The summed E-state index contributed by atoms with van der Waals surface area (Å²) in [4.78, 5) is 2.45. The van der Waals surface area contributed by atoms with Crippen molar-refractivity contribution in [2.75, 3.05) is 32.8 Å². The second kappa shape index (κ2) is 7.49. The summed E-state index contributed by atoms with van der Waals surface area (Å²) >= 11 is 6.03. The predicted molar refractivity (Wildman–Crippen MR) is 61.0 cm³/mol. The standard InChI is InChI=1S/C11H22ClNO/c1-2-3-9-14-10-8-13-6-4-11(12)5-7-13/h11H,2-10H2,1H3. The first-order valence-electron chi connectivity index (χ1n) is 5.77. The minimum Gasteiger partial charge on any atom is -0.380 e. The van der Waals surface area contributed by atoms with Crippen LogP contribution in [-0.4, -0.2) is 43.1 Å². The van der Waals surface area contributed by atoms with Crippen LogP contribution in [0, 0.1) is 0 Å². The Labute approximate surface area is 92.6 Å². The number of likely N-dealkylation sites (tertiary alicyclic amines) is 1. The summed E-state index contributed by atoms with van der Waals surface area (Å²) in [7, 11) is 0. The van der Waals surface area contributed by atoms with Crippen molar-refractivity contribution in [3.8, 4) is 0 Å². The lowest BCUT2D eigenvalue weighted by Gasteiger charge is -2.28. The summed E-state index contributed by atoms with van der Waals surface area (Å²) < 4.78 is 5.53. The molecule has 0 amide bonds. The highest BCUT2D eigenvalue weighted by molar-refractivity contribution is 6.20. The monoisotopic (exact) mass is 219 g/mol. The molecule has 1 aliphatic rings. The first kappa shape index (κ1) is 12.3. The van der Waals surface area contributed by atoms with Gasteiger partial charge >= 0.3 is 0 Å². The summed E-state index contributed by atoms with van der Waals surface area (Å²) in [5.74, 6) is 0. The number of ether oxygens (including phenoxy) is 1. The van der Waals surface area contributed by atoms with Gasteiger partial charge in [-0.3, -0.25) is 0 Å². The van der Waals surface area contributed by atoms with Crippen LogP contribution >= 0.6 is 11.6 Å². The number of piperidine rings is 1. The Morgan fingerprint density at radius 3 is 2.64 bits per heavy atom. The van der Waals surface area contributed by atoms with Gasteiger partial charge in [0.2, 0.25) is 0 Å². The normalized spacial score (nSPS) is 20.1. The van der Waals surface area contributed by atoms with Crippen molar-refractivity contribution in [1.29, 1.82) is 0 Å². The maximum absolute atomic E-state index is 6.03. The van der Waals surface area contributed by atoms with Crippen molar-refractivity contribution in [3.63, 3.8) is 0 Å². The summed E-state index contributed by atoms with van der Waals surface area (Å²) in [6, 6.07) is 0. The molecule has 0 aromatic heterocycles. The molecule has 0 radical (unpaired) electrons. The van der Waals surface area contributed by atoms with Gasteiger partial charge in [0.1, 0.15) is 0 Å². The molecule has 1 saturated heterocycles. The van der Waals surface area contributed by atoms with Gasteiger partial charge in [-0.1, -0.05) is 13.3 Å². The topological polar surface area (TPSA) is 12.5 Å². The smallest absolute Gasteiger partial charge is 0.0593 e. The van der Waals surface area contributed by atoms with Gasteiger partial charge in [0.15, 0.2) is 0 Å². The van der Waals surface area contributed by atoms with Crippen molar-refractivity contribution in [3.05, 3.63) is 0 Å². The molecule has 0 aromatic rings. The van der Waals surface area contributed by atoms with Gasteiger partial charge < -0.3 is 9.64 Å². The molecule has 0 bridgehead atoms. The van der Waals surface area contributed by atoms with Crippen molar-refractivity contribution in [2.45, 2.75) is 38.0 Å². The number of hydrogen-bond donors (Lipinski definition) is 0. The van der Waals surface area contributed by atoms with E-state index in [4.69, 9.17) is 16.3 Å². The van der Waals surface area contributed by atoms with Crippen LogP contribution in [0.2, 0.25) is 0 Å². The Balaban J connectivity index is 1.91. The molecule has 0 aliphatic carbocycles. The Bertz CT molecular complexity index is 135. The molecule has 0 aromatic carbocycles. The third-order valence-electron chi connectivity index (χ3n) is 2.71. The summed E-state index contributed by atoms with van der Waals surface area (Å²) in [6.07, 6.45) is 4.68. The van der Waals surface area contributed by atoms with Crippen LogP contribution in [0.1, 0.15) is 32.6 Å². The Morgan fingerprint density at radius 2 is 2.00 bits per heavy atom. The molecule has 14 heavy (non-hydrogen) atoms. The third kappa shape index (κ3) is 5.18. The van der Waals surface area contributed by atoms with Crippen LogP contribution in [-0.2, 0) is 4.74 Å². The zero-order valence-electron chi connectivity index (χ0n) is 9.17. The fourth-order valence-corrected chi connectivity index (χ4v) is 1.86. The Morgan fingerprint density at radius 1 is 1.29 bits per heavy atom. The van der Waals surface area contributed by atoms with Crippen molar-refractivity contribution in [1.82, 2.24) is 4.90 Å². The summed E-state index contributed by atoms with van der Waals surface area (Å²) in [5, 5.41) is 0.409. The van der Waals surface area contributed by atoms with E-state index < -0.39 is 0 Å². The van der Waals surface area contributed by atoms with Gasteiger partial charge in [-0.05, 0) is 32.4 Å². The van der Waals surface area contributed by atoms with Crippen LogP contribution in [0.25, 0.3) is 0 Å². The third-order valence-corrected chi connectivity index (χ3v) is 3.15. The fraction of sp³-hybridized carbons (Fsp3) is 1.00. The lowest BCUT2D eigenvalue weighted by molar-refractivity contribution is 0.0951. The highest BCUT2D eigenvalue weighted by Gasteiger charge is 2.16. The van der Waals surface area contributed by atoms with Crippen LogP contribution in [0.4, 0.5) is 0 Å². The van der Waals surface area contributed by atoms with E-state index in [1.165, 1.54) is 12.8 Å². The molecule has 0 unspecified atom stereocenters. The zero-order chi connectivity index (χ0) is 10.2. The highest BCUT2D eigenvalue weighted by atomic mass is 35.5. The molecule has 1 heterocycles. The fourth-order valence-electron chi connectivity index (χ4n) is 1.67. The van der Waals surface area contributed by atoms with E-state index in [0.29, 0.717) is 5.38 Å². The minimum atomic E-state index is 0.409. The average Bonchev–Trinajstić information content (AvgIpc) is 2.21. The van der Waals surface area contributed by atoms with Crippen molar-refractivity contribution >= 4 is 11.6 Å². The summed E-state index contributed by atoms with van der Waals surface area (Å²) in [5.41, 5.74) is 0. The second-order valence-electron chi connectivity index (χ2n) is 3.98. The van der Waals surface area contributed by atoms with Crippen molar-refractivity contribution in [2.24, 2.45) is 0 Å². The minimum absolute atomic E-state index is 0.409. The number of nitrogens with zero attached hydrogens (tertiary/aromatic N) is 1. The molecule has 0 N–H and O–H groups in total. The molecule has 0 atom stereocenters. The maximum atomic E-state index is 6.03. The number of unbranched alkanes of at least 4 members (excludes halogenated alkanes) is 1. The SMILES string of the molecule is CCCCOCCN1CCC(Cl)CC1. The van der Waals surface area contributed by atoms with Gasteiger partial charge in [0, 0.05) is 18.5 Å². The number of hydrogen-bond acceptors (Lipinski definition) is 2. The largest absolute Gasteiger partial charge is 0.380 e. The maximum Gasteiger partial charge on any atom is 0.0593 e. The molecule has 0 spiro atoms. The van der Waals surface area contributed by atoms with Gasteiger partial charge in [0.05, 0.1) is 6.61 Å². The van der Waals surface area contributed by atoms with E-state index in [1.807, 2.05) is 0 Å². The molecular weight excluding hydrogens is 198 g/mol. The quantitative estimate of drug-likeness (QED) is 0.503. The first-order valence-corrected chi connectivity index (χ1v) is 6.20. The average molecular weight is 220 g/mol. The van der Waals surface area contributed by atoms with E-state index in [9.17, 15) is 0 Å². The zero-order valence-corrected chi connectivity index (χ0v) is 9.93. The van der Waals surface area contributed by atoms with Crippen LogP contribution < -0.4 is 0 Å². The van der Waals surface area contributed by atoms with E-state index in [2.05, 4.69) is 11.8 Å². The lowest BCUT2D eigenvalue weighted by atomic mass is 10.1. The number of halogens is 1. The summed E-state index contributed by atoms with van der Waals surface area (Å²) in [6.45, 7) is 7.36. The molecule has 1 rings (SSSR count). The number of alkyl halides is 1. The Hall–Kier alpha value is 0.210. The second-order valence-corrected chi connectivity index (χ2v) is 4.60. The molecule has 1 fully saturated rings. The van der Waals surface area contributed by atoms with E-state index in [1.54, 1.807) is 0 Å². The van der Waals surface area contributed by atoms with Crippen LogP contribution in [0.15, 0.2) is 0 Å². The van der Waals surface area contributed by atoms with Crippen LogP contribution in [0.5, 0.6) is 0 Å². The van der Waals surface area contributed by atoms with Gasteiger partial charge in [-0.15, -0.1) is 11.6 Å².